The summed E-state index contributed by atoms with van der Waals surface area (Å²) >= 11 is 12.0. The fraction of sp³-hybridized carbons (Fsp3) is 0.556. The number of fused-ring (bicyclic) bond motifs is 1. The van der Waals surface area contributed by atoms with E-state index in [1.807, 2.05) is 4.90 Å². The molecule has 0 radical (unpaired) electrons. The van der Waals surface area contributed by atoms with Gasteiger partial charge in [0, 0.05) is 38.3 Å². The average molecular weight is 419 g/mol. The second-order valence-corrected chi connectivity index (χ2v) is 8.02. The van der Waals surface area contributed by atoms with Crippen molar-refractivity contribution < 1.29 is 9.59 Å². The molecule has 0 saturated carbocycles. The first-order valence-electron chi connectivity index (χ1n) is 8.80. The molecule has 0 spiro atoms. The summed E-state index contributed by atoms with van der Waals surface area (Å²) in [6.07, 6.45) is 1.59. The van der Waals surface area contributed by atoms with Crippen LogP contribution in [-0.2, 0) is 4.79 Å². The normalized spacial score (nSPS) is 27.4. The molecule has 1 unspecified atom stereocenters. The number of amides is 2. The highest BCUT2D eigenvalue weighted by Gasteiger charge is 2.43. The van der Waals surface area contributed by atoms with Crippen molar-refractivity contribution in [3.05, 3.63) is 33.8 Å². The summed E-state index contributed by atoms with van der Waals surface area (Å²) in [6, 6.07) is 4.52. The fourth-order valence-electron chi connectivity index (χ4n) is 4.31. The molecule has 3 fully saturated rings. The van der Waals surface area contributed by atoms with Crippen LogP contribution in [0.4, 0.5) is 0 Å². The first-order valence-corrected chi connectivity index (χ1v) is 9.55. The van der Waals surface area contributed by atoms with Gasteiger partial charge < -0.3 is 15.1 Å². The van der Waals surface area contributed by atoms with Gasteiger partial charge in [0.1, 0.15) is 6.04 Å². The third-order valence-corrected chi connectivity index (χ3v) is 6.41. The van der Waals surface area contributed by atoms with Crippen molar-refractivity contribution in [2.45, 2.75) is 18.9 Å². The highest BCUT2D eigenvalue weighted by atomic mass is 35.5. The van der Waals surface area contributed by atoms with Gasteiger partial charge >= 0.3 is 0 Å². The van der Waals surface area contributed by atoms with Crippen LogP contribution in [0.15, 0.2) is 18.2 Å². The maximum absolute atomic E-state index is 13.0. The molecule has 0 aliphatic carbocycles. The predicted molar refractivity (Wildman–Crippen MR) is 104 cm³/mol. The molecule has 0 aromatic heterocycles. The molecule has 4 rings (SSSR count). The molecule has 26 heavy (non-hydrogen) atoms. The van der Waals surface area contributed by atoms with Crippen LogP contribution in [0.5, 0.6) is 0 Å². The third-order valence-electron chi connectivity index (χ3n) is 5.67. The van der Waals surface area contributed by atoms with Crippen molar-refractivity contribution in [1.29, 1.82) is 0 Å². The summed E-state index contributed by atoms with van der Waals surface area (Å²) in [7, 11) is 0. The number of halogens is 3. The van der Waals surface area contributed by atoms with Gasteiger partial charge in [0.25, 0.3) is 5.91 Å². The molecular formula is C18H22Cl3N3O2. The number of nitrogens with one attached hydrogen (secondary N) is 1. The van der Waals surface area contributed by atoms with Crippen LogP contribution in [0.2, 0.25) is 10.0 Å². The Morgan fingerprint density at radius 1 is 1.08 bits per heavy atom. The Morgan fingerprint density at radius 2 is 1.77 bits per heavy atom. The molecular weight excluding hydrogens is 397 g/mol. The Hall–Kier alpha value is -1.01. The van der Waals surface area contributed by atoms with E-state index in [1.54, 1.807) is 23.1 Å². The lowest BCUT2D eigenvalue weighted by Gasteiger charge is -2.28. The number of hydrogen-bond acceptors (Lipinski definition) is 3. The highest BCUT2D eigenvalue weighted by molar-refractivity contribution is 6.42. The van der Waals surface area contributed by atoms with Crippen LogP contribution >= 0.6 is 35.6 Å². The van der Waals surface area contributed by atoms with Crippen LogP contribution in [0.25, 0.3) is 0 Å². The molecule has 1 aromatic rings. The predicted octanol–water partition coefficient (Wildman–Crippen LogP) is 2.70. The fourth-order valence-corrected chi connectivity index (χ4v) is 4.61. The lowest BCUT2D eigenvalue weighted by Crippen LogP contribution is -2.47. The molecule has 3 saturated heterocycles. The van der Waals surface area contributed by atoms with E-state index >= 15 is 0 Å². The van der Waals surface area contributed by atoms with Crippen molar-refractivity contribution >= 4 is 47.4 Å². The van der Waals surface area contributed by atoms with E-state index in [2.05, 4.69) is 5.32 Å². The Morgan fingerprint density at radius 3 is 2.42 bits per heavy atom. The van der Waals surface area contributed by atoms with Crippen LogP contribution in [0.1, 0.15) is 23.2 Å². The van der Waals surface area contributed by atoms with Crippen LogP contribution in [0, 0.1) is 11.8 Å². The second kappa shape index (κ2) is 7.93. The molecule has 3 aliphatic rings. The van der Waals surface area contributed by atoms with Crippen LogP contribution in [-0.4, -0.2) is 60.4 Å². The Labute approximate surface area is 169 Å². The Balaban J connectivity index is 0.00000196. The standard InChI is InChI=1S/C18H21Cl2N3O2.ClH/c19-14-4-3-11(6-15(14)20)17(24)23-5-1-2-16(23)18(25)22-9-12-7-21-8-13(12)10-22;/h3-4,6,12-13,16,21H,1-2,5,7-10H2;1H/t12-,13+,16?;. The topological polar surface area (TPSA) is 52.7 Å². The SMILES string of the molecule is Cl.O=C(C1CCCN1C(=O)c1ccc(Cl)c(Cl)c1)N1C[C@H]2CNC[C@H]2C1. The Kier molecular flexibility index (Phi) is 6.02. The summed E-state index contributed by atoms with van der Waals surface area (Å²) < 4.78 is 0. The van der Waals surface area contributed by atoms with Gasteiger partial charge in [-0.15, -0.1) is 12.4 Å². The van der Waals surface area contributed by atoms with Gasteiger partial charge in [0.2, 0.25) is 5.91 Å². The van der Waals surface area contributed by atoms with Gasteiger partial charge in [-0.2, -0.15) is 0 Å². The van der Waals surface area contributed by atoms with E-state index < -0.39 is 0 Å². The molecule has 1 N–H and O–H groups in total. The molecule has 3 heterocycles. The van der Waals surface area contributed by atoms with Crippen molar-refractivity contribution in [2.75, 3.05) is 32.7 Å². The minimum atomic E-state index is -0.353. The minimum Gasteiger partial charge on any atom is -0.340 e. The number of rotatable bonds is 2. The summed E-state index contributed by atoms with van der Waals surface area (Å²) in [5.41, 5.74) is 0.483. The van der Waals surface area contributed by atoms with Crippen LogP contribution < -0.4 is 5.32 Å². The summed E-state index contributed by atoms with van der Waals surface area (Å²) in [5, 5.41) is 4.16. The van der Waals surface area contributed by atoms with Crippen LogP contribution in [0.3, 0.4) is 0 Å². The van der Waals surface area contributed by atoms with Gasteiger partial charge in [-0.1, -0.05) is 23.2 Å². The molecule has 8 heteroatoms. The number of carbonyl (C=O) groups is 2. The molecule has 5 nitrogen and oxygen atoms in total. The third kappa shape index (κ3) is 3.55. The molecule has 1 aromatic carbocycles. The van der Waals surface area contributed by atoms with E-state index in [-0.39, 0.29) is 30.3 Å². The zero-order valence-electron chi connectivity index (χ0n) is 14.3. The van der Waals surface area contributed by atoms with E-state index in [4.69, 9.17) is 23.2 Å². The summed E-state index contributed by atoms with van der Waals surface area (Å²) in [4.78, 5) is 29.6. The number of nitrogens with zero attached hydrogens (tertiary/aromatic N) is 2. The van der Waals surface area contributed by atoms with Gasteiger partial charge in [0.05, 0.1) is 10.0 Å². The minimum absolute atomic E-state index is 0. The lowest BCUT2D eigenvalue weighted by molar-refractivity contribution is -0.134. The largest absolute Gasteiger partial charge is 0.340 e. The van der Waals surface area contributed by atoms with E-state index in [9.17, 15) is 9.59 Å². The van der Waals surface area contributed by atoms with Crippen molar-refractivity contribution in [2.24, 2.45) is 11.8 Å². The summed E-state index contributed by atoms with van der Waals surface area (Å²) in [6.45, 7) is 4.21. The average Bonchev–Trinajstić information content (AvgIpc) is 3.31. The Bertz CT molecular complexity index is 703. The van der Waals surface area contributed by atoms with Crippen molar-refractivity contribution in [3.63, 3.8) is 0 Å². The maximum Gasteiger partial charge on any atom is 0.254 e. The van der Waals surface area contributed by atoms with Crippen molar-refractivity contribution in [1.82, 2.24) is 15.1 Å². The quantitative estimate of drug-likeness (QED) is 0.803. The first kappa shape index (κ1) is 19.7. The first-order chi connectivity index (χ1) is 12.0. The van der Waals surface area contributed by atoms with E-state index in [0.29, 0.717) is 34.0 Å². The molecule has 3 atom stereocenters. The number of likely N-dealkylation sites (tertiary alicyclic amines) is 2. The van der Waals surface area contributed by atoms with Crippen molar-refractivity contribution in [3.8, 4) is 0 Å². The highest BCUT2D eigenvalue weighted by Crippen LogP contribution is 2.30. The molecule has 0 bridgehead atoms. The van der Waals surface area contributed by atoms with Gasteiger partial charge in [0.15, 0.2) is 0 Å². The van der Waals surface area contributed by atoms with Gasteiger partial charge in [-0.3, -0.25) is 9.59 Å². The summed E-state index contributed by atoms with van der Waals surface area (Å²) in [5.74, 6) is 1.07. The van der Waals surface area contributed by atoms with E-state index in [0.717, 1.165) is 39.0 Å². The molecule has 2 amide bonds. The monoisotopic (exact) mass is 417 g/mol. The molecule has 3 aliphatic heterocycles. The number of benzene rings is 1. The molecule has 142 valence electrons. The zero-order valence-corrected chi connectivity index (χ0v) is 16.6. The number of hydrogen-bond donors (Lipinski definition) is 1. The van der Waals surface area contributed by atoms with Gasteiger partial charge in [-0.25, -0.2) is 0 Å². The maximum atomic E-state index is 13.0. The number of carbonyl (C=O) groups excluding carboxylic acids is 2. The lowest BCUT2D eigenvalue weighted by atomic mass is 10.0. The smallest absolute Gasteiger partial charge is 0.254 e. The zero-order chi connectivity index (χ0) is 17.6. The van der Waals surface area contributed by atoms with E-state index in [1.165, 1.54) is 0 Å². The van der Waals surface area contributed by atoms with Gasteiger partial charge in [-0.05, 0) is 42.9 Å². The second-order valence-electron chi connectivity index (χ2n) is 7.21.